The number of hydrogen-bond donors (Lipinski definition) is 2. The molecule has 6 heteroatoms. The second-order valence-corrected chi connectivity index (χ2v) is 11.1. The van der Waals surface area contributed by atoms with E-state index >= 15 is 0 Å². The number of aliphatic carboxylic acids is 1. The number of hydrogen-bond acceptors (Lipinski definition) is 3. The van der Waals surface area contributed by atoms with Gasteiger partial charge in [-0.25, -0.2) is 4.57 Å². The van der Waals surface area contributed by atoms with Gasteiger partial charge in [0.25, 0.3) is 0 Å². The van der Waals surface area contributed by atoms with Gasteiger partial charge >= 0.3 is 5.97 Å². The number of nitrogens with zero attached hydrogens (tertiary/aromatic N) is 1. The molecule has 2 atom stereocenters. The summed E-state index contributed by atoms with van der Waals surface area (Å²) in [6.45, 7) is 7.67. The van der Waals surface area contributed by atoms with Crippen molar-refractivity contribution in [3.8, 4) is 5.75 Å². The lowest BCUT2D eigenvalue weighted by atomic mass is 9.70. The molecule has 1 heterocycles. The summed E-state index contributed by atoms with van der Waals surface area (Å²) in [5.41, 5.74) is 3.71. The van der Waals surface area contributed by atoms with Gasteiger partial charge in [-0.2, -0.15) is 0 Å². The molecule has 3 rings (SSSR count). The number of allylic oxidation sites excluding steroid dienone is 1. The summed E-state index contributed by atoms with van der Waals surface area (Å²) in [7, 11) is 1.69. The SMILES string of the molecule is CCCC1CC(C)C(=C(OC)c2ccc(/C=C/c3cc[n+](CCCCCC(=O)O)cc3)c(O)c2Cl)C(C)C1. The summed E-state index contributed by atoms with van der Waals surface area (Å²) in [6, 6.07) is 7.89. The first-order valence-corrected chi connectivity index (χ1v) is 14.3. The number of aromatic hydroxyl groups is 1. The van der Waals surface area contributed by atoms with Gasteiger partial charge < -0.3 is 14.9 Å². The highest BCUT2D eigenvalue weighted by Gasteiger charge is 2.32. The third-order valence-electron chi connectivity index (χ3n) is 7.67. The van der Waals surface area contributed by atoms with Gasteiger partial charge in [-0.15, -0.1) is 0 Å². The zero-order valence-electron chi connectivity index (χ0n) is 23.3. The second kappa shape index (κ2) is 14.4. The fraction of sp³-hybridized carbons (Fsp3) is 0.500. The van der Waals surface area contributed by atoms with Gasteiger partial charge in [0, 0.05) is 36.1 Å². The smallest absolute Gasteiger partial charge is 0.303 e. The van der Waals surface area contributed by atoms with Gasteiger partial charge in [0.05, 0.1) is 12.1 Å². The fourth-order valence-electron chi connectivity index (χ4n) is 5.86. The maximum Gasteiger partial charge on any atom is 0.303 e. The van der Waals surface area contributed by atoms with Crippen LogP contribution in [0.25, 0.3) is 17.9 Å². The van der Waals surface area contributed by atoms with Crippen molar-refractivity contribution in [2.24, 2.45) is 17.8 Å². The number of phenolic OH excluding ortho intramolecular Hbond substituents is 1. The molecule has 2 N–H and O–H groups in total. The van der Waals surface area contributed by atoms with Crippen LogP contribution in [-0.4, -0.2) is 23.3 Å². The highest BCUT2D eigenvalue weighted by molar-refractivity contribution is 6.34. The number of pyridine rings is 1. The molecule has 2 unspecified atom stereocenters. The third kappa shape index (κ3) is 7.86. The predicted molar refractivity (Wildman–Crippen MR) is 155 cm³/mol. The van der Waals surface area contributed by atoms with Crippen molar-refractivity contribution >= 4 is 35.5 Å². The summed E-state index contributed by atoms with van der Waals surface area (Å²) >= 11 is 6.72. The standard InChI is InChI=1S/C32H42ClNO4/c1-5-9-25-20-22(2)29(23(3)21-25)32(38-4)27-14-13-26(31(37)30(27)33)12-11-24-15-18-34(19-16-24)17-8-6-7-10-28(35)36/h11-16,18-19,22-23,25H,5-10,17,20-21H2,1-4H3,(H,35,36)/p+1. The monoisotopic (exact) mass is 540 g/mol. The van der Waals surface area contributed by atoms with E-state index in [1.165, 1.54) is 18.4 Å². The van der Waals surface area contributed by atoms with E-state index in [4.69, 9.17) is 21.4 Å². The van der Waals surface area contributed by atoms with Crippen LogP contribution >= 0.6 is 11.6 Å². The van der Waals surface area contributed by atoms with Crippen molar-refractivity contribution in [3.05, 3.63) is 63.9 Å². The Morgan fingerprint density at radius 2 is 1.76 bits per heavy atom. The van der Waals surface area contributed by atoms with E-state index in [1.807, 2.05) is 48.8 Å². The lowest BCUT2D eigenvalue weighted by molar-refractivity contribution is -0.697. The van der Waals surface area contributed by atoms with Crippen LogP contribution in [0.15, 0.2) is 42.2 Å². The lowest BCUT2D eigenvalue weighted by Crippen LogP contribution is -2.32. The molecule has 1 fully saturated rings. The van der Waals surface area contributed by atoms with E-state index in [0.717, 1.165) is 55.0 Å². The Hall–Kier alpha value is -2.79. The molecular formula is C32H43ClNO4+. The molecule has 1 saturated carbocycles. The number of aryl methyl sites for hydroxylation is 1. The highest BCUT2D eigenvalue weighted by Crippen LogP contribution is 2.45. The first-order valence-electron chi connectivity index (χ1n) is 13.9. The minimum absolute atomic E-state index is 0.0582. The second-order valence-electron chi connectivity index (χ2n) is 10.7. The Morgan fingerprint density at radius 3 is 2.37 bits per heavy atom. The number of carboxylic acid groups (broad SMARTS) is 1. The van der Waals surface area contributed by atoms with Crippen LogP contribution in [-0.2, 0) is 16.1 Å². The minimum atomic E-state index is -0.735. The molecule has 0 bridgehead atoms. The predicted octanol–water partition coefficient (Wildman–Crippen LogP) is 7.99. The van der Waals surface area contributed by atoms with Gasteiger partial charge in [0.2, 0.25) is 0 Å². The number of halogens is 1. The van der Waals surface area contributed by atoms with Crippen molar-refractivity contribution in [1.29, 1.82) is 0 Å². The van der Waals surface area contributed by atoms with E-state index in [-0.39, 0.29) is 12.2 Å². The molecule has 1 aromatic carbocycles. The Morgan fingerprint density at radius 1 is 1.08 bits per heavy atom. The van der Waals surface area contributed by atoms with E-state index in [9.17, 15) is 9.90 Å². The number of ether oxygens (including phenoxy) is 1. The maximum absolute atomic E-state index is 11.0. The van der Waals surface area contributed by atoms with E-state index in [2.05, 4.69) is 25.3 Å². The zero-order valence-corrected chi connectivity index (χ0v) is 24.0. The third-order valence-corrected chi connectivity index (χ3v) is 8.05. The molecule has 1 aliphatic rings. The number of phenols is 1. The number of rotatable bonds is 12. The highest BCUT2D eigenvalue weighted by atomic mass is 35.5. The van der Waals surface area contributed by atoms with Gasteiger partial charge in [0.15, 0.2) is 12.4 Å². The summed E-state index contributed by atoms with van der Waals surface area (Å²) in [5, 5.41) is 20.0. The Kier molecular flexibility index (Phi) is 11.3. The number of carbonyl (C=O) groups is 1. The first kappa shape index (κ1) is 29.8. The quantitative estimate of drug-likeness (QED) is 0.162. The summed E-state index contributed by atoms with van der Waals surface area (Å²) in [6.07, 6.45) is 15.4. The van der Waals surface area contributed by atoms with Crippen LogP contribution < -0.4 is 4.57 Å². The Balaban J connectivity index is 1.72. The molecule has 38 heavy (non-hydrogen) atoms. The fourth-order valence-corrected chi connectivity index (χ4v) is 6.12. The van der Waals surface area contributed by atoms with Crippen LogP contribution in [0.3, 0.4) is 0 Å². The van der Waals surface area contributed by atoms with E-state index in [1.54, 1.807) is 7.11 Å². The van der Waals surface area contributed by atoms with Gasteiger partial charge in [0.1, 0.15) is 18.1 Å². The van der Waals surface area contributed by atoms with Crippen molar-refractivity contribution in [3.63, 3.8) is 0 Å². The maximum atomic E-state index is 11.0. The molecule has 1 aromatic heterocycles. The summed E-state index contributed by atoms with van der Waals surface area (Å²) in [5.74, 6) is 1.69. The number of methoxy groups -OCH3 is 1. The summed E-state index contributed by atoms with van der Waals surface area (Å²) in [4.78, 5) is 10.6. The topological polar surface area (TPSA) is 70.6 Å². The molecule has 0 spiro atoms. The van der Waals surface area contributed by atoms with E-state index in [0.29, 0.717) is 28.8 Å². The van der Waals surface area contributed by atoms with Crippen LogP contribution in [0.5, 0.6) is 5.75 Å². The van der Waals surface area contributed by atoms with Crippen LogP contribution in [0.2, 0.25) is 5.02 Å². The first-order chi connectivity index (χ1) is 18.2. The zero-order chi connectivity index (χ0) is 27.7. The van der Waals surface area contributed by atoms with Gasteiger partial charge in [-0.1, -0.05) is 63.4 Å². The van der Waals surface area contributed by atoms with Crippen molar-refractivity contribution in [2.75, 3.05) is 7.11 Å². The molecular weight excluding hydrogens is 498 g/mol. The average Bonchev–Trinajstić information content (AvgIpc) is 2.88. The number of benzene rings is 1. The average molecular weight is 541 g/mol. The number of aromatic nitrogens is 1. The number of unbranched alkanes of at least 4 members (excludes halogenated alkanes) is 2. The lowest BCUT2D eigenvalue weighted by Gasteiger charge is -2.36. The van der Waals surface area contributed by atoms with Gasteiger partial charge in [-0.05, 0) is 60.6 Å². The van der Waals surface area contributed by atoms with Crippen molar-refractivity contribution in [2.45, 2.75) is 78.7 Å². The van der Waals surface area contributed by atoms with Crippen molar-refractivity contribution < 1.29 is 24.3 Å². The Bertz CT molecular complexity index is 1120. The molecule has 1 aliphatic carbocycles. The minimum Gasteiger partial charge on any atom is -0.506 e. The van der Waals surface area contributed by atoms with Crippen LogP contribution in [0.1, 0.15) is 88.8 Å². The molecule has 0 radical (unpaired) electrons. The molecule has 5 nitrogen and oxygen atoms in total. The molecule has 0 aliphatic heterocycles. The molecule has 2 aromatic rings. The normalized spacial score (nSPS) is 19.6. The molecule has 0 amide bonds. The van der Waals surface area contributed by atoms with E-state index < -0.39 is 5.97 Å². The van der Waals surface area contributed by atoms with Crippen molar-refractivity contribution in [1.82, 2.24) is 0 Å². The van der Waals surface area contributed by atoms with Gasteiger partial charge in [-0.3, -0.25) is 4.79 Å². The summed E-state index contributed by atoms with van der Waals surface area (Å²) < 4.78 is 8.01. The van der Waals surface area contributed by atoms with Crippen LogP contribution in [0, 0.1) is 17.8 Å². The largest absolute Gasteiger partial charge is 0.506 e. The number of carboxylic acids is 1. The molecule has 0 saturated heterocycles. The Labute approximate surface area is 232 Å². The molecule has 206 valence electrons. The van der Waals surface area contributed by atoms with Crippen LogP contribution in [0.4, 0.5) is 0 Å².